The largest absolute Gasteiger partial charge is 0.353 e. The molecule has 3 heteroatoms. The van der Waals surface area contributed by atoms with E-state index in [2.05, 4.69) is 0 Å². The van der Waals surface area contributed by atoms with Gasteiger partial charge >= 0.3 is 0 Å². The number of aromatic nitrogens is 1. The van der Waals surface area contributed by atoms with Gasteiger partial charge in [0, 0.05) is 55.0 Å². The minimum atomic E-state index is 0. The molecule has 0 bridgehead atoms. The summed E-state index contributed by atoms with van der Waals surface area (Å²) in [6.45, 7) is 0.628. The molecule has 1 heterocycles. The zero-order chi connectivity index (χ0) is 5.98. The van der Waals surface area contributed by atoms with Crippen molar-refractivity contribution in [2.75, 3.05) is 0 Å². The maximum Gasteiger partial charge on any atom is 0.0334 e. The minimum Gasteiger partial charge on any atom is -0.353 e. The molecule has 1 radical (unpaired) electrons. The molecule has 0 aliphatic heterocycles. The van der Waals surface area contributed by atoms with Crippen LogP contribution in [0.4, 0.5) is 0 Å². The van der Waals surface area contributed by atoms with Crippen LogP contribution in [0.3, 0.4) is 0 Å². The average molecular weight is 133 g/mol. The van der Waals surface area contributed by atoms with E-state index in [-0.39, 0.29) is 29.6 Å². The molecular weight excluding hydrogens is 123 g/mol. The fourth-order valence-corrected chi connectivity index (χ4v) is 0.709. The molecule has 2 nitrogen and oxygen atoms in total. The molecule has 0 aliphatic rings. The molecule has 0 fully saturated rings. The first kappa shape index (κ1) is 9.24. The van der Waals surface area contributed by atoms with E-state index in [4.69, 9.17) is 5.73 Å². The molecule has 0 saturated carbocycles. The number of nitrogens with zero attached hydrogens (tertiary/aromatic N) is 1. The predicted molar refractivity (Wildman–Crippen MR) is 39.1 cm³/mol. The Balaban J connectivity index is 0.000000640. The van der Waals surface area contributed by atoms with Gasteiger partial charge in [0.25, 0.3) is 0 Å². The third-order valence-electron chi connectivity index (χ3n) is 1.26. The second-order valence-electron chi connectivity index (χ2n) is 1.81. The van der Waals surface area contributed by atoms with Crippen LogP contribution in [-0.4, -0.2) is 34.1 Å². The van der Waals surface area contributed by atoms with Crippen LogP contribution < -0.4 is 5.73 Å². The van der Waals surface area contributed by atoms with Gasteiger partial charge in [-0.15, -0.1) is 0 Å². The fraction of sp³-hybridized carbons (Fsp3) is 0.333. The number of aryl methyl sites for hydroxylation is 1. The van der Waals surface area contributed by atoms with Crippen molar-refractivity contribution in [3.63, 3.8) is 0 Å². The van der Waals surface area contributed by atoms with Crippen molar-refractivity contribution in [3.8, 4) is 0 Å². The summed E-state index contributed by atoms with van der Waals surface area (Å²) in [5.41, 5.74) is 6.55. The molecule has 0 spiro atoms. The summed E-state index contributed by atoms with van der Waals surface area (Å²) in [7, 11) is 1.99. The number of hydrogen-bond donors (Lipinski definition) is 1. The molecule has 0 amide bonds. The van der Waals surface area contributed by atoms with Crippen molar-refractivity contribution in [2.24, 2.45) is 12.8 Å². The van der Waals surface area contributed by atoms with Gasteiger partial charge in [-0.25, -0.2) is 0 Å². The minimum absolute atomic E-state index is 0. The number of nitrogens with two attached hydrogens (primary N) is 1. The van der Waals surface area contributed by atoms with Crippen molar-refractivity contribution in [3.05, 3.63) is 24.0 Å². The van der Waals surface area contributed by atoms with Crippen LogP contribution >= 0.6 is 0 Å². The van der Waals surface area contributed by atoms with E-state index in [0.717, 1.165) is 0 Å². The number of hydrogen-bond acceptors (Lipinski definition) is 1. The first-order valence-electron chi connectivity index (χ1n) is 2.65. The van der Waals surface area contributed by atoms with Crippen LogP contribution in [0.15, 0.2) is 18.3 Å². The Morgan fingerprint density at radius 1 is 1.67 bits per heavy atom. The molecule has 0 saturated heterocycles. The summed E-state index contributed by atoms with van der Waals surface area (Å²) in [5, 5.41) is 0. The van der Waals surface area contributed by atoms with Gasteiger partial charge in [0.1, 0.15) is 0 Å². The van der Waals surface area contributed by atoms with E-state index in [9.17, 15) is 0 Å². The fourth-order valence-electron chi connectivity index (χ4n) is 0.709. The monoisotopic (exact) mass is 133 g/mol. The zero-order valence-electron chi connectivity index (χ0n) is 5.96. The van der Waals surface area contributed by atoms with Gasteiger partial charge < -0.3 is 10.3 Å². The van der Waals surface area contributed by atoms with Crippen LogP contribution in [0, 0.1) is 0 Å². The topological polar surface area (TPSA) is 30.9 Å². The molecule has 1 aromatic heterocycles. The maximum absolute atomic E-state index is 5.37. The summed E-state index contributed by atoms with van der Waals surface area (Å²) >= 11 is 0. The molecule has 0 unspecified atom stereocenters. The molecule has 9 heavy (non-hydrogen) atoms. The molecule has 0 aliphatic carbocycles. The van der Waals surface area contributed by atoms with Crippen LogP contribution in [0.25, 0.3) is 0 Å². The quantitative estimate of drug-likeness (QED) is 0.541. The van der Waals surface area contributed by atoms with E-state index >= 15 is 0 Å². The third kappa shape index (κ3) is 2.14. The standard InChI is InChI=1S/C6H10N2.Na/c1-8-4-2-3-6(8)5-7;/h2-4H,5,7H2,1H3;. The van der Waals surface area contributed by atoms with Crippen LogP contribution in [-0.2, 0) is 13.6 Å². The second kappa shape index (κ2) is 4.12. The molecule has 0 atom stereocenters. The van der Waals surface area contributed by atoms with Gasteiger partial charge in [-0.1, -0.05) is 0 Å². The van der Waals surface area contributed by atoms with Crippen molar-refractivity contribution < 1.29 is 0 Å². The van der Waals surface area contributed by atoms with Gasteiger partial charge in [0.05, 0.1) is 0 Å². The van der Waals surface area contributed by atoms with Crippen LogP contribution in [0.1, 0.15) is 5.69 Å². The Morgan fingerprint density at radius 2 is 2.33 bits per heavy atom. The smallest absolute Gasteiger partial charge is 0.0334 e. The number of rotatable bonds is 1. The summed E-state index contributed by atoms with van der Waals surface area (Å²) in [6, 6.07) is 4.00. The van der Waals surface area contributed by atoms with Crippen molar-refractivity contribution >= 4 is 29.6 Å². The van der Waals surface area contributed by atoms with Crippen LogP contribution in [0.2, 0.25) is 0 Å². The third-order valence-corrected chi connectivity index (χ3v) is 1.26. The van der Waals surface area contributed by atoms with Crippen LogP contribution in [0.5, 0.6) is 0 Å². The predicted octanol–water partition coefficient (Wildman–Crippen LogP) is 0.103. The van der Waals surface area contributed by atoms with Gasteiger partial charge in [-0.2, -0.15) is 0 Å². The molecular formula is C6H10N2Na. The Labute approximate surface area is 77.3 Å². The van der Waals surface area contributed by atoms with Crippen molar-refractivity contribution in [1.82, 2.24) is 4.57 Å². The van der Waals surface area contributed by atoms with Crippen molar-refractivity contribution in [1.29, 1.82) is 0 Å². The van der Waals surface area contributed by atoms with Gasteiger partial charge in [0.2, 0.25) is 0 Å². The molecule has 1 rings (SSSR count). The Bertz CT molecular complexity index is 171. The summed E-state index contributed by atoms with van der Waals surface area (Å²) < 4.78 is 2.01. The molecule has 2 N–H and O–H groups in total. The first-order valence-corrected chi connectivity index (χ1v) is 2.65. The van der Waals surface area contributed by atoms with Gasteiger partial charge in [0.15, 0.2) is 0 Å². The SMILES string of the molecule is Cn1cccc1CN.[Na]. The van der Waals surface area contributed by atoms with Crippen molar-refractivity contribution in [2.45, 2.75) is 6.54 Å². The Morgan fingerprint density at radius 3 is 2.56 bits per heavy atom. The van der Waals surface area contributed by atoms with Gasteiger partial charge in [-0.3, -0.25) is 0 Å². The summed E-state index contributed by atoms with van der Waals surface area (Å²) in [5.74, 6) is 0. The maximum atomic E-state index is 5.37. The van der Waals surface area contributed by atoms with E-state index in [1.807, 2.05) is 29.9 Å². The normalized spacial score (nSPS) is 8.67. The Kier molecular flexibility index (Phi) is 4.23. The van der Waals surface area contributed by atoms with E-state index in [0.29, 0.717) is 6.54 Å². The van der Waals surface area contributed by atoms with E-state index < -0.39 is 0 Å². The summed E-state index contributed by atoms with van der Waals surface area (Å²) in [6.07, 6.45) is 1.99. The first-order chi connectivity index (χ1) is 3.84. The second-order valence-corrected chi connectivity index (χ2v) is 1.81. The van der Waals surface area contributed by atoms with Gasteiger partial charge in [-0.05, 0) is 12.1 Å². The molecule has 45 valence electrons. The molecule has 1 aromatic rings. The average Bonchev–Trinajstić information content (AvgIpc) is 2.14. The Hall–Kier alpha value is 0.240. The molecule has 0 aromatic carbocycles. The zero-order valence-corrected chi connectivity index (χ0v) is 7.96. The summed E-state index contributed by atoms with van der Waals surface area (Å²) in [4.78, 5) is 0. The van der Waals surface area contributed by atoms with E-state index in [1.165, 1.54) is 5.69 Å². The van der Waals surface area contributed by atoms with E-state index in [1.54, 1.807) is 0 Å².